The van der Waals surface area contributed by atoms with Crippen molar-refractivity contribution in [1.82, 2.24) is 4.57 Å². The molecule has 0 amide bonds. The van der Waals surface area contributed by atoms with Crippen LogP contribution in [0.5, 0.6) is 0 Å². The number of fused-ring (bicyclic) bond motifs is 14. The van der Waals surface area contributed by atoms with Crippen molar-refractivity contribution >= 4 is 86.0 Å². The summed E-state index contributed by atoms with van der Waals surface area (Å²) >= 11 is 1.90. The predicted molar refractivity (Wildman–Crippen MR) is 183 cm³/mol. The van der Waals surface area contributed by atoms with Gasteiger partial charge in [-0.25, -0.2) is 0 Å². The quantitative estimate of drug-likeness (QED) is 0.194. The van der Waals surface area contributed by atoms with Crippen LogP contribution in [0.2, 0.25) is 0 Å². The van der Waals surface area contributed by atoms with Gasteiger partial charge in [0, 0.05) is 52.7 Å². The Hall–Kier alpha value is -5.38. The molecule has 0 fully saturated rings. The van der Waals surface area contributed by atoms with Crippen LogP contribution in [-0.4, -0.2) is 4.57 Å². The second kappa shape index (κ2) is 7.71. The Morgan fingerprint density at radius 3 is 2.19 bits per heavy atom. The molecule has 1 aliphatic rings. The first-order valence-corrected chi connectivity index (χ1v) is 15.5. The van der Waals surface area contributed by atoms with Crippen LogP contribution in [0.25, 0.3) is 103 Å². The van der Waals surface area contributed by atoms with Crippen LogP contribution in [0.4, 0.5) is 0 Å². The van der Waals surface area contributed by atoms with Gasteiger partial charge >= 0.3 is 0 Å². The largest absolute Gasteiger partial charge is 0.455 e. The summed E-state index contributed by atoms with van der Waals surface area (Å²) in [6, 6.07) is 46.6. The standard InChI is InChI=1S/C40H21NOS/c1-4-13-31-29(10-1)38-33(21-19-27-23-9-3-6-15-35(23)43-40(27)38)41(31)32-20-18-24-25-16-17-26-22-8-2-5-14-34(22)42-39(26)37(25)30-12-7-11-28(32)36(24)30/h1-21H. The molecule has 0 saturated heterocycles. The Labute approximate surface area is 249 Å². The van der Waals surface area contributed by atoms with Crippen LogP contribution < -0.4 is 0 Å². The summed E-state index contributed by atoms with van der Waals surface area (Å²) in [5, 5.41) is 10.2. The van der Waals surface area contributed by atoms with Crippen LogP contribution in [0.15, 0.2) is 132 Å². The Morgan fingerprint density at radius 2 is 1.23 bits per heavy atom. The monoisotopic (exact) mass is 563 g/mol. The lowest BCUT2D eigenvalue weighted by Crippen LogP contribution is -1.95. The van der Waals surface area contributed by atoms with Gasteiger partial charge in [0.2, 0.25) is 0 Å². The van der Waals surface area contributed by atoms with E-state index in [1.54, 1.807) is 0 Å². The van der Waals surface area contributed by atoms with Crippen molar-refractivity contribution in [3.63, 3.8) is 0 Å². The van der Waals surface area contributed by atoms with E-state index in [1.807, 2.05) is 17.4 Å². The molecule has 10 aromatic rings. The second-order valence-electron chi connectivity index (χ2n) is 11.6. The zero-order valence-corrected chi connectivity index (χ0v) is 23.7. The summed E-state index contributed by atoms with van der Waals surface area (Å²) in [6.07, 6.45) is 0. The molecular formula is C40H21NOS. The second-order valence-corrected chi connectivity index (χ2v) is 12.7. The Morgan fingerprint density at radius 1 is 0.465 bits per heavy atom. The summed E-state index contributed by atoms with van der Waals surface area (Å²) < 4.78 is 11.7. The highest BCUT2D eigenvalue weighted by Gasteiger charge is 2.28. The maximum Gasteiger partial charge on any atom is 0.143 e. The van der Waals surface area contributed by atoms with Gasteiger partial charge < -0.3 is 8.98 Å². The fourth-order valence-electron chi connectivity index (χ4n) is 7.79. The third kappa shape index (κ3) is 2.65. The van der Waals surface area contributed by atoms with Crippen molar-refractivity contribution < 1.29 is 4.42 Å². The molecule has 0 bridgehead atoms. The third-order valence-electron chi connectivity index (χ3n) is 9.55. The van der Waals surface area contributed by atoms with E-state index in [0.717, 1.165) is 11.2 Å². The van der Waals surface area contributed by atoms with Gasteiger partial charge in [0.15, 0.2) is 0 Å². The molecule has 0 atom stereocenters. The molecule has 7 aromatic carbocycles. The molecule has 0 spiro atoms. The van der Waals surface area contributed by atoms with Gasteiger partial charge in [-0.3, -0.25) is 0 Å². The predicted octanol–water partition coefficient (Wildman–Crippen LogP) is 11.9. The van der Waals surface area contributed by atoms with Gasteiger partial charge in [-0.15, -0.1) is 11.3 Å². The minimum Gasteiger partial charge on any atom is -0.455 e. The fraction of sp³-hybridized carbons (Fsp3) is 0. The minimum atomic E-state index is 0.938. The average Bonchev–Trinajstić information content (AvgIpc) is 3.80. The van der Waals surface area contributed by atoms with E-state index in [2.05, 4.69) is 126 Å². The molecule has 43 heavy (non-hydrogen) atoms. The zero-order chi connectivity index (χ0) is 27.8. The first kappa shape index (κ1) is 22.2. The number of benzene rings is 7. The number of rotatable bonds is 1. The first-order valence-electron chi connectivity index (χ1n) is 14.7. The van der Waals surface area contributed by atoms with Gasteiger partial charge in [-0.1, -0.05) is 91.0 Å². The highest BCUT2D eigenvalue weighted by molar-refractivity contribution is 7.26. The minimum absolute atomic E-state index is 0.938. The Kier molecular flexibility index (Phi) is 3.99. The van der Waals surface area contributed by atoms with Crippen LogP contribution in [0.1, 0.15) is 0 Å². The molecule has 0 radical (unpaired) electrons. The lowest BCUT2D eigenvalue weighted by molar-refractivity contribution is 0.670. The molecule has 2 nitrogen and oxygen atoms in total. The van der Waals surface area contributed by atoms with Crippen molar-refractivity contribution in [3.05, 3.63) is 127 Å². The molecule has 3 heterocycles. The van der Waals surface area contributed by atoms with Crippen molar-refractivity contribution in [1.29, 1.82) is 0 Å². The maximum atomic E-state index is 6.54. The number of thiophene rings is 1. The molecule has 0 N–H and O–H groups in total. The van der Waals surface area contributed by atoms with E-state index in [0.29, 0.717) is 0 Å². The molecule has 0 aliphatic heterocycles. The summed E-state index contributed by atoms with van der Waals surface area (Å²) in [7, 11) is 0. The van der Waals surface area contributed by atoms with E-state index < -0.39 is 0 Å². The smallest absolute Gasteiger partial charge is 0.143 e. The van der Waals surface area contributed by atoms with Crippen LogP contribution in [0, 0.1) is 0 Å². The van der Waals surface area contributed by atoms with Crippen molar-refractivity contribution in [2.24, 2.45) is 0 Å². The van der Waals surface area contributed by atoms with E-state index in [4.69, 9.17) is 4.42 Å². The molecular weight excluding hydrogens is 543 g/mol. The van der Waals surface area contributed by atoms with Gasteiger partial charge in [0.05, 0.1) is 16.7 Å². The van der Waals surface area contributed by atoms with Crippen molar-refractivity contribution in [2.45, 2.75) is 0 Å². The topological polar surface area (TPSA) is 18.1 Å². The number of hydrogen-bond acceptors (Lipinski definition) is 2. The summed E-state index contributed by atoms with van der Waals surface area (Å²) in [6.45, 7) is 0. The lowest BCUT2D eigenvalue weighted by Gasteiger charge is -2.13. The average molecular weight is 564 g/mol. The van der Waals surface area contributed by atoms with E-state index in [9.17, 15) is 0 Å². The van der Waals surface area contributed by atoms with Crippen LogP contribution >= 0.6 is 11.3 Å². The fourth-order valence-corrected chi connectivity index (χ4v) is 9.05. The molecule has 1 aliphatic carbocycles. The normalized spacial score (nSPS) is 12.7. The summed E-state index contributed by atoms with van der Waals surface area (Å²) in [4.78, 5) is 0. The molecule has 198 valence electrons. The van der Waals surface area contributed by atoms with Crippen LogP contribution in [0.3, 0.4) is 0 Å². The number of hydrogen-bond donors (Lipinski definition) is 0. The van der Waals surface area contributed by atoms with E-state index in [1.165, 1.54) is 91.5 Å². The summed E-state index contributed by atoms with van der Waals surface area (Å²) in [5.74, 6) is 0. The number of nitrogens with zero attached hydrogens (tertiary/aromatic N) is 1. The highest BCUT2D eigenvalue weighted by atomic mass is 32.1. The van der Waals surface area contributed by atoms with Crippen molar-refractivity contribution in [3.8, 4) is 27.9 Å². The van der Waals surface area contributed by atoms with Crippen molar-refractivity contribution in [2.75, 3.05) is 0 Å². The van der Waals surface area contributed by atoms with Gasteiger partial charge in [-0.05, 0) is 58.5 Å². The molecule has 3 heteroatoms. The molecule has 11 rings (SSSR count). The van der Waals surface area contributed by atoms with Gasteiger partial charge in [0.1, 0.15) is 11.2 Å². The maximum absolute atomic E-state index is 6.54. The number of aromatic nitrogens is 1. The Bertz CT molecular complexity index is 2840. The zero-order valence-electron chi connectivity index (χ0n) is 22.9. The third-order valence-corrected chi connectivity index (χ3v) is 10.7. The molecule has 0 saturated carbocycles. The molecule has 3 aromatic heterocycles. The number of furan rings is 1. The Balaban J connectivity index is 1.26. The first-order chi connectivity index (χ1) is 21.3. The van der Waals surface area contributed by atoms with Gasteiger partial charge in [-0.2, -0.15) is 0 Å². The highest BCUT2D eigenvalue weighted by Crippen LogP contribution is 2.53. The SMILES string of the molecule is c1ccc2c(c1)oc1c3c(ccc12)-c1ccc(-n2c4ccccc4c4c5sc6ccccc6c5ccc42)c2cccc-3c12. The van der Waals surface area contributed by atoms with Crippen LogP contribution in [-0.2, 0) is 0 Å². The van der Waals surface area contributed by atoms with E-state index >= 15 is 0 Å². The lowest BCUT2D eigenvalue weighted by atomic mass is 10.0. The van der Waals surface area contributed by atoms with E-state index in [-0.39, 0.29) is 0 Å². The molecule has 0 unspecified atom stereocenters. The number of para-hydroxylation sites is 2. The van der Waals surface area contributed by atoms with Gasteiger partial charge in [0.25, 0.3) is 0 Å². The summed E-state index contributed by atoms with van der Waals surface area (Å²) in [5.41, 5.74) is 10.6.